The molecule has 0 aromatic heterocycles. The number of esters is 1. The molecular formula is C14H16N2O4S. The number of para-hydroxylation sites is 1. The van der Waals surface area contributed by atoms with Crippen LogP contribution >= 0.6 is 11.8 Å². The second-order valence-corrected chi connectivity index (χ2v) is 5.26. The Balaban J connectivity index is 2.14. The molecule has 2 rings (SSSR count). The summed E-state index contributed by atoms with van der Waals surface area (Å²) < 4.78 is 4.98. The van der Waals surface area contributed by atoms with Crippen LogP contribution in [0.2, 0.25) is 0 Å². The third-order valence-corrected chi connectivity index (χ3v) is 3.90. The highest BCUT2D eigenvalue weighted by molar-refractivity contribution is 7.99. The summed E-state index contributed by atoms with van der Waals surface area (Å²) in [4.78, 5) is 24.0. The van der Waals surface area contributed by atoms with Gasteiger partial charge in [-0.05, 0) is 19.1 Å². The van der Waals surface area contributed by atoms with Crippen molar-refractivity contribution in [2.45, 2.75) is 11.8 Å². The molecule has 1 aromatic carbocycles. The van der Waals surface area contributed by atoms with Gasteiger partial charge in [-0.3, -0.25) is 0 Å². The zero-order valence-electron chi connectivity index (χ0n) is 11.5. The van der Waals surface area contributed by atoms with Gasteiger partial charge in [0.05, 0.1) is 18.7 Å². The molecule has 2 amide bonds. The van der Waals surface area contributed by atoms with Crippen LogP contribution in [0.1, 0.15) is 6.92 Å². The maximum absolute atomic E-state index is 11.9. The minimum absolute atomic E-state index is 0.140. The third kappa shape index (κ3) is 3.91. The largest absolute Gasteiger partial charge is 0.507 e. The Kier molecular flexibility index (Phi) is 5.10. The van der Waals surface area contributed by atoms with Crippen molar-refractivity contribution in [3.8, 4) is 5.75 Å². The second kappa shape index (κ2) is 7.03. The molecule has 0 saturated carbocycles. The molecule has 0 spiro atoms. The van der Waals surface area contributed by atoms with Crippen LogP contribution in [0, 0.1) is 0 Å². The lowest BCUT2D eigenvalue weighted by molar-refractivity contribution is -0.138. The van der Waals surface area contributed by atoms with E-state index in [0.717, 1.165) is 0 Å². The fourth-order valence-corrected chi connectivity index (χ4v) is 2.73. The Labute approximate surface area is 126 Å². The van der Waals surface area contributed by atoms with Crippen molar-refractivity contribution in [1.82, 2.24) is 10.6 Å². The fourth-order valence-electron chi connectivity index (χ4n) is 1.80. The van der Waals surface area contributed by atoms with E-state index in [4.69, 9.17) is 4.74 Å². The third-order valence-electron chi connectivity index (χ3n) is 2.81. The van der Waals surface area contributed by atoms with Gasteiger partial charge in [0, 0.05) is 16.3 Å². The number of hydrogen-bond donors (Lipinski definition) is 3. The summed E-state index contributed by atoms with van der Waals surface area (Å²) in [6.07, 6.45) is 0. The number of carbonyl (C=O) groups is 2. The lowest BCUT2D eigenvalue weighted by Crippen LogP contribution is -2.44. The maximum atomic E-state index is 11.9. The number of benzene rings is 1. The smallest absolute Gasteiger partial charge is 0.337 e. The number of ether oxygens (including phenoxy) is 1. The maximum Gasteiger partial charge on any atom is 0.337 e. The Morgan fingerprint density at radius 2 is 2.19 bits per heavy atom. The molecule has 0 unspecified atom stereocenters. The van der Waals surface area contributed by atoms with Gasteiger partial charge in [0.2, 0.25) is 0 Å². The number of carbonyl (C=O) groups excluding carboxylic acids is 2. The van der Waals surface area contributed by atoms with Gasteiger partial charge in [-0.15, -0.1) is 11.8 Å². The van der Waals surface area contributed by atoms with E-state index in [1.165, 1.54) is 11.8 Å². The number of nitrogens with one attached hydrogen (secondary N) is 2. The Morgan fingerprint density at radius 1 is 1.43 bits per heavy atom. The summed E-state index contributed by atoms with van der Waals surface area (Å²) in [6.45, 7) is 2.14. The van der Waals surface area contributed by atoms with E-state index in [-0.39, 0.29) is 24.9 Å². The normalized spacial score (nSPS) is 14.4. The first kappa shape index (κ1) is 15.2. The predicted octanol–water partition coefficient (Wildman–Crippen LogP) is 1.61. The van der Waals surface area contributed by atoms with Crippen molar-refractivity contribution < 1.29 is 19.4 Å². The number of thioether (sulfide) groups is 1. The molecule has 0 atom stereocenters. The van der Waals surface area contributed by atoms with Gasteiger partial charge in [0.15, 0.2) is 0 Å². The lowest BCUT2D eigenvalue weighted by Gasteiger charge is -2.21. The SMILES string of the molecule is CCOC(=O)C1=C(CSc2ccccc2O)NC(=O)NC1. The standard InChI is InChI=1S/C14H16N2O4S/c1-2-20-13(18)9-7-15-14(19)16-10(9)8-21-12-6-4-3-5-11(12)17/h3-6,17H,2,7-8H2,1H3,(H2,15,16,19). The summed E-state index contributed by atoms with van der Waals surface area (Å²) in [6, 6.07) is 6.55. The number of phenolic OH excluding ortho intramolecular Hbond substituents is 1. The van der Waals surface area contributed by atoms with Crippen LogP contribution in [0.25, 0.3) is 0 Å². The quantitative estimate of drug-likeness (QED) is 0.568. The molecule has 112 valence electrons. The van der Waals surface area contributed by atoms with Crippen LogP contribution in [0.4, 0.5) is 4.79 Å². The monoisotopic (exact) mass is 308 g/mol. The summed E-state index contributed by atoms with van der Waals surface area (Å²) in [5, 5.41) is 14.9. The number of amides is 2. The number of phenols is 1. The lowest BCUT2D eigenvalue weighted by atomic mass is 10.2. The topological polar surface area (TPSA) is 87.7 Å². The van der Waals surface area contributed by atoms with Crippen molar-refractivity contribution in [3.63, 3.8) is 0 Å². The zero-order chi connectivity index (χ0) is 15.2. The van der Waals surface area contributed by atoms with Gasteiger partial charge in [-0.25, -0.2) is 9.59 Å². The van der Waals surface area contributed by atoms with Gasteiger partial charge in [-0.2, -0.15) is 0 Å². The van der Waals surface area contributed by atoms with E-state index >= 15 is 0 Å². The molecule has 21 heavy (non-hydrogen) atoms. The Morgan fingerprint density at radius 3 is 2.90 bits per heavy atom. The first-order valence-electron chi connectivity index (χ1n) is 6.46. The van der Waals surface area contributed by atoms with Crippen LogP contribution in [0.3, 0.4) is 0 Å². The van der Waals surface area contributed by atoms with Gasteiger partial charge in [-0.1, -0.05) is 12.1 Å². The molecule has 1 aliphatic heterocycles. The molecular weight excluding hydrogens is 292 g/mol. The van der Waals surface area contributed by atoms with Gasteiger partial charge in [0.25, 0.3) is 0 Å². The van der Waals surface area contributed by atoms with Crippen LogP contribution < -0.4 is 10.6 Å². The Hall–Kier alpha value is -2.15. The summed E-state index contributed by atoms with van der Waals surface area (Å²) in [5.41, 5.74) is 0.907. The molecule has 0 fully saturated rings. The fraction of sp³-hybridized carbons (Fsp3) is 0.286. The molecule has 0 bridgehead atoms. The summed E-state index contributed by atoms with van der Waals surface area (Å²) in [5.74, 6) is 0.0815. The van der Waals surface area contributed by atoms with Gasteiger partial charge in [0.1, 0.15) is 5.75 Å². The van der Waals surface area contributed by atoms with Crippen LogP contribution in [0.5, 0.6) is 5.75 Å². The molecule has 0 aliphatic carbocycles. The average molecular weight is 308 g/mol. The number of hydrogen-bond acceptors (Lipinski definition) is 5. The highest BCUT2D eigenvalue weighted by Crippen LogP contribution is 2.29. The van der Waals surface area contributed by atoms with E-state index in [9.17, 15) is 14.7 Å². The van der Waals surface area contributed by atoms with Crippen molar-refractivity contribution >= 4 is 23.8 Å². The molecule has 0 radical (unpaired) electrons. The highest BCUT2D eigenvalue weighted by Gasteiger charge is 2.23. The van der Waals surface area contributed by atoms with Crippen molar-refractivity contribution in [3.05, 3.63) is 35.5 Å². The van der Waals surface area contributed by atoms with E-state index in [1.807, 2.05) is 6.07 Å². The summed E-state index contributed by atoms with van der Waals surface area (Å²) >= 11 is 1.34. The molecule has 0 saturated heterocycles. The first-order chi connectivity index (χ1) is 10.1. The molecule has 1 aliphatic rings. The summed E-state index contributed by atoms with van der Waals surface area (Å²) in [7, 11) is 0. The molecule has 1 aromatic rings. The van der Waals surface area contributed by atoms with Gasteiger partial charge >= 0.3 is 12.0 Å². The Bertz CT molecular complexity index is 586. The van der Waals surface area contributed by atoms with Crippen molar-refractivity contribution in [1.29, 1.82) is 0 Å². The molecule has 6 nitrogen and oxygen atoms in total. The number of rotatable bonds is 5. The van der Waals surface area contributed by atoms with Gasteiger partial charge < -0.3 is 20.5 Å². The van der Waals surface area contributed by atoms with Crippen molar-refractivity contribution in [2.24, 2.45) is 0 Å². The van der Waals surface area contributed by atoms with Crippen molar-refractivity contribution in [2.75, 3.05) is 18.9 Å². The predicted molar refractivity (Wildman–Crippen MR) is 79.0 cm³/mol. The minimum Gasteiger partial charge on any atom is -0.507 e. The molecule has 7 heteroatoms. The number of aromatic hydroxyl groups is 1. The van der Waals surface area contributed by atoms with Crippen LogP contribution in [0.15, 0.2) is 40.4 Å². The van der Waals surface area contributed by atoms with Crippen LogP contribution in [-0.4, -0.2) is 36.0 Å². The highest BCUT2D eigenvalue weighted by atomic mass is 32.2. The van der Waals surface area contributed by atoms with E-state index in [2.05, 4.69) is 10.6 Å². The second-order valence-electron chi connectivity index (χ2n) is 4.24. The zero-order valence-corrected chi connectivity index (χ0v) is 12.3. The molecule has 1 heterocycles. The average Bonchev–Trinajstić information content (AvgIpc) is 2.46. The minimum atomic E-state index is -0.446. The van der Waals surface area contributed by atoms with E-state index in [0.29, 0.717) is 21.9 Å². The number of urea groups is 1. The molecule has 3 N–H and O–H groups in total. The van der Waals surface area contributed by atoms with E-state index < -0.39 is 5.97 Å². The first-order valence-corrected chi connectivity index (χ1v) is 7.45. The van der Waals surface area contributed by atoms with Crippen LogP contribution in [-0.2, 0) is 9.53 Å². The van der Waals surface area contributed by atoms with E-state index in [1.54, 1.807) is 25.1 Å².